The number of para-hydroxylation sites is 1. The third-order valence-corrected chi connectivity index (χ3v) is 5.33. The lowest BCUT2D eigenvalue weighted by atomic mass is 10.2. The Labute approximate surface area is 178 Å². The van der Waals surface area contributed by atoms with Crippen molar-refractivity contribution in [3.05, 3.63) is 43.0 Å². The van der Waals surface area contributed by atoms with Crippen LogP contribution < -0.4 is 10.1 Å². The van der Waals surface area contributed by atoms with Crippen molar-refractivity contribution in [3.8, 4) is 5.75 Å². The third kappa shape index (κ3) is 6.74. The number of nitrogens with zero attached hydrogens (tertiary/aromatic N) is 3. The molecule has 30 heavy (non-hydrogen) atoms. The molecule has 1 atom stereocenters. The molecule has 2 saturated heterocycles. The van der Waals surface area contributed by atoms with Crippen molar-refractivity contribution in [2.45, 2.75) is 12.5 Å². The SMILES string of the molecule is C=CCNC(=O)N1CCOC(CN2CCCN(C(=O)COc3ccccc3)CC2)C1. The number of ether oxygens (including phenoxy) is 2. The van der Waals surface area contributed by atoms with Crippen LogP contribution in [0.1, 0.15) is 6.42 Å². The van der Waals surface area contributed by atoms with Crippen LogP contribution in [0, 0.1) is 0 Å². The van der Waals surface area contributed by atoms with Gasteiger partial charge in [-0.3, -0.25) is 9.69 Å². The fourth-order valence-electron chi connectivity index (χ4n) is 3.73. The second kappa shape index (κ2) is 11.6. The minimum atomic E-state index is -0.0748. The molecule has 1 N–H and O–H groups in total. The molecule has 3 amide bonds. The quantitative estimate of drug-likeness (QED) is 0.676. The van der Waals surface area contributed by atoms with E-state index < -0.39 is 0 Å². The van der Waals surface area contributed by atoms with Crippen LogP contribution in [0.5, 0.6) is 5.75 Å². The summed E-state index contributed by atoms with van der Waals surface area (Å²) in [5, 5.41) is 2.82. The summed E-state index contributed by atoms with van der Waals surface area (Å²) in [6.45, 7) is 9.73. The van der Waals surface area contributed by atoms with Gasteiger partial charge in [-0.2, -0.15) is 0 Å². The van der Waals surface area contributed by atoms with Gasteiger partial charge in [0.1, 0.15) is 5.75 Å². The monoisotopic (exact) mass is 416 g/mol. The summed E-state index contributed by atoms with van der Waals surface area (Å²) in [5.74, 6) is 0.720. The highest BCUT2D eigenvalue weighted by molar-refractivity contribution is 5.77. The lowest BCUT2D eigenvalue weighted by molar-refractivity contribution is -0.133. The predicted octanol–water partition coefficient (Wildman–Crippen LogP) is 1.20. The van der Waals surface area contributed by atoms with Gasteiger partial charge in [0.25, 0.3) is 5.91 Å². The van der Waals surface area contributed by atoms with Gasteiger partial charge < -0.3 is 24.6 Å². The zero-order valence-corrected chi connectivity index (χ0v) is 17.5. The second-order valence-electron chi connectivity index (χ2n) is 7.55. The molecule has 2 aliphatic rings. The number of hydrogen-bond acceptors (Lipinski definition) is 5. The Balaban J connectivity index is 1.41. The molecule has 0 saturated carbocycles. The van der Waals surface area contributed by atoms with Crippen LogP contribution in [0.25, 0.3) is 0 Å². The van der Waals surface area contributed by atoms with Crippen LogP contribution in [0.4, 0.5) is 4.79 Å². The van der Waals surface area contributed by atoms with Gasteiger partial charge in [-0.25, -0.2) is 4.79 Å². The summed E-state index contributed by atoms with van der Waals surface area (Å²) in [7, 11) is 0. The summed E-state index contributed by atoms with van der Waals surface area (Å²) < 4.78 is 11.5. The zero-order chi connectivity index (χ0) is 21.2. The van der Waals surface area contributed by atoms with E-state index in [9.17, 15) is 9.59 Å². The van der Waals surface area contributed by atoms with E-state index in [4.69, 9.17) is 9.47 Å². The molecule has 8 heteroatoms. The lowest BCUT2D eigenvalue weighted by Crippen LogP contribution is -2.52. The first-order valence-electron chi connectivity index (χ1n) is 10.6. The molecule has 2 fully saturated rings. The van der Waals surface area contributed by atoms with Crippen molar-refractivity contribution in [2.75, 3.05) is 65.6 Å². The molecule has 0 aromatic heterocycles. The van der Waals surface area contributed by atoms with Crippen LogP contribution in [0.15, 0.2) is 43.0 Å². The lowest BCUT2D eigenvalue weighted by Gasteiger charge is -2.35. The van der Waals surface area contributed by atoms with Gasteiger partial charge >= 0.3 is 6.03 Å². The van der Waals surface area contributed by atoms with E-state index in [1.807, 2.05) is 35.2 Å². The van der Waals surface area contributed by atoms with E-state index in [1.54, 1.807) is 11.0 Å². The van der Waals surface area contributed by atoms with Crippen LogP contribution in [0.2, 0.25) is 0 Å². The van der Waals surface area contributed by atoms with Crippen molar-refractivity contribution < 1.29 is 19.1 Å². The maximum Gasteiger partial charge on any atom is 0.317 e. The largest absolute Gasteiger partial charge is 0.484 e. The first-order chi connectivity index (χ1) is 14.7. The van der Waals surface area contributed by atoms with Gasteiger partial charge in [0, 0.05) is 45.8 Å². The number of benzene rings is 1. The summed E-state index contributed by atoms with van der Waals surface area (Å²) in [4.78, 5) is 30.7. The molecule has 1 aromatic carbocycles. The second-order valence-corrected chi connectivity index (χ2v) is 7.55. The molecular formula is C22H32N4O4. The maximum atomic E-state index is 12.5. The Bertz CT molecular complexity index is 700. The summed E-state index contributed by atoms with van der Waals surface area (Å²) >= 11 is 0. The Kier molecular flexibility index (Phi) is 8.53. The number of nitrogens with one attached hydrogen (secondary N) is 1. The number of urea groups is 1. The Morgan fingerprint density at radius 3 is 2.77 bits per heavy atom. The number of morpholine rings is 1. The fourth-order valence-corrected chi connectivity index (χ4v) is 3.73. The highest BCUT2D eigenvalue weighted by atomic mass is 16.5. The van der Waals surface area contributed by atoms with E-state index in [0.29, 0.717) is 38.5 Å². The highest BCUT2D eigenvalue weighted by Gasteiger charge is 2.27. The van der Waals surface area contributed by atoms with Gasteiger partial charge in [-0.1, -0.05) is 24.3 Å². The number of amides is 3. The zero-order valence-electron chi connectivity index (χ0n) is 17.5. The minimum Gasteiger partial charge on any atom is -0.484 e. The van der Waals surface area contributed by atoms with Crippen molar-refractivity contribution in [1.29, 1.82) is 0 Å². The fraction of sp³-hybridized carbons (Fsp3) is 0.545. The number of carbonyl (C=O) groups is 2. The van der Waals surface area contributed by atoms with Crippen molar-refractivity contribution in [3.63, 3.8) is 0 Å². The Hall–Kier alpha value is -2.58. The van der Waals surface area contributed by atoms with E-state index in [-0.39, 0.29) is 24.6 Å². The number of carbonyl (C=O) groups excluding carboxylic acids is 2. The molecular weight excluding hydrogens is 384 g/mol. The smallest absolute Gasteiger partial charge is 0.317 e. The van der Waals surface area contributed by atoms with Crippen LogP contribution in [0.3, 0.4) is 0 Å². The maximum absolute atomic E-state index is 12.5. The number of rotatable bonds is 7. The molecule has 8 nitrogen and oxygen atoms in total. The van der Waals surface area contributed by atoms with Crippen LogP contribution in [-0.2, 0) is 9.53 Å². The average molecular weight is 417 g/mol. The van der Waals surface area contributed by atoms with Crippen molar-refractivity contribution in [2.24, 2.45) is 0 Å². The molecule has 2 heterocycles. The molecule has 0 aliphatic carbocycles. The van der Waals surface area contributed by atoms with Gasteiger partial charge in [0.15, 0.2) is 6.61 Å². The predicted molar refractivity (Wildman–Crippen MR) is 114 cm³/mol. The topological polar surface area (TPSA) is 74.4 Å². The van der Waals surface area contributed by atoms with E-state index in [0.717, 1.165) is 32.6 Å². The average Bonchev–Trinajstić information content (AvgIpc) is 3.02. The Morgan fingerprint density at radius 2 is 1.97 bits per heavy atom. The van der Waals surface area contributed by atoms with Crippen LogP contribution >= 0.6 is 0 Å². The standard InChI is InChI=1S/C22H32N4O4/c1-2-9-23-22(28)26-14-15-29-20(17-26)16-24-10-6-11-25(13-12-24)21(27)18-30-19-7-4-3-5-8-19/h2-5,7-8,20H,1,6,9-18H2,(H,23,28). The van der Waals surface area contributed by atoms with Crippen LogP contribution in [-0.4, -0.2) is 98.3 Å². The minimum absolute atomic E-state index is 0.0136. The van der Waals surface area contributed by atoms with Crippen molar-refractivity contribution >= 4 is 11.9 Å². The van der Waals surface area contributed by atoms with E-state index >= 15 is 0 Å². The molecule has 164 valence electrons. The third-order valence-electron chi connectivity index (χ3n) is 5.33. The molecule has 0 spiro atoms. The Morgan fingerprint density at radius 1 is 1.13 bits per heavy atom. The van der Waals surface area contributed by atoms with Crippen molar-refractivity contribution in [1.82, 2.24) is 20.0 Å². The molecule has 3 rings (SSSR count). The normalized spacial score (nSPS) is 20.3. The molecule has 0 bridgehead atoms. The molecule has 1 unspecified atom stereocenters. The highest BCUT2D eigenvalue weighted by Crippen LogP contribution is 2.12. The molecule has 2 aliphatic heterocycles. The summed E-state index contributed by atoms with van der Waals surface area (Å²) in [6, 6.07) is 9.32. The summed E-state index contributed by atoms with van der Waals surface area (Å²) in [5.41, 5.74) is 0. The first kappa shape index (κ1) is 22.1. The molecule has 1 aromatic rings. The molecule has 0 radical (unpaired) electrons. The van der Waals surface area contributed by atoms with Gasteiger partial charge in [-0.15, -0.1) is 6.58 Å². The number of hydrogen-bond donors (Lipinski definition) is 1. The summed E-state index contributed by atoms with van der Waals surface area (Å²) in [6.07, 6.45) is 2.56. The first-order valence-corrected chi connectivity index (χ1v) is 10.6. The van der Waals surface area contributed by atoms with Gasteiger partial charge in [0.05, 0.1) is 12.7 Å². The van der Waals surface area contributed by atoms with Gasteiger partial charge in [0.2, 0.25) is 0 Å². The van der Waals surface area contributed by atoms with E-state index in [1.165, 1.54) is 0 Å². The van der Waals surface area contributed by atoms with E-state index in [2.05, 4.69) is 16.8 Å². The van der Waals surface area contributed by atoms with Gasteiger partial charge in [-0.05, 0) is 25.1 Å².